The number of rotatable bonds is 4. The number of ether oxygens (including phenoxy) is 2. The van der Waals surface area contributed by atoms with Gasteiger partial charge in [-0.3, -0.25) is 0 Å². The molecule has 0 aliphatic carbocycles. The molecular formula is C20H19NO3S. The summed E-state index contributed by atoms with van der Waals surface area (Å²) in [4.78, 5) is 18.4. The van der Waals surface area contributed by atoms with Crippen LogP contribution in [0.2, 0.25) is 0 Å². The van der Waals surface area contributed by atoms with Crippen molar-refractivity contribution in [2.45, 2.75) is 25.4 Å². The summed E-state index contributed by atoms with van der Waals surface area (Å²) >= 11 is 1.61. The molecule has 3 aromatic rings. The molecule has 1 aromatic carbocycles. The van der Waals surface area contributed by atoms with E-state index in [4.69, 9.17) is 9.47 Å². The molecule has 0 N–H and O–H groups in total. The molecule has 5 heteroatoms. The molecule has 4 nitrogen and oxygen atoms in total. The lowest BCUT2D eigenvalue weighted by atomic mass is 10.1. The van der Waals surface area contributed by atoms with Crippen molar-refractivity contribution < 1.29 is 14.3 Å². The molecule has 128 valence electrons. The minimum atomic E-state index is -0.314. The van der Waals surface area contributed by atoms with Crippen LogP contribution in [0, 0.1) is 0 Å². The van der Waals surface area contributed by atoms with Gasteiger partial charge in [-0.15, -0.1) is 11.3 Å². The zero-order chi connectivity index (χ0) is 17.1. The molecule has 2 aromatic heterocycles. The average Bonchev–Trinajstić information content (AvgIpc) is 3.21. The van der Waals surface area contributed by atoms with Crippen LogP contribution >= 0.6 is 11.3 Å². The van der Waals surface area contributed by atoms with Crippen molar-refractivity contribution in [1.29, 1.82) is 0 Å². The molecule has 1 unspecified atom stereocenters. The highest BCUT2D eigenvalue weighted by atomic mass is 32.1. The van der Waals surface area contributed by atoms with Crippen LogP contribution in [0.1, 0.15) is 29.6 Å². The van der Waals surface area contributed by atoms with Crippen LogP contribution < -0.4 is 0 Å². The fraction of sp³-hybridized carbons (Fsp3) is 0.300. The molecule has 3 heterocycles. The first kappa shape index (κ1) is 16.2. The Morgan fingerprint density at radius 1 is 1.24 bits per heavy atom. The second-order valence-electron chi connectivity index (χ2n) is 6.14. The van der Waals surface area contributed by atoms with Crippen LogP contribution in [0.15, 0.2) is 47.8 Å². The summed E-state index contributed by atoms with van der Waals surface area (Å²) in [6.45, 7) is 1.06. The van der Waals surface area contributed by atoms with Crippen molar-refractivity contribution in [3.8, 4) is 10.6 Å². The summed E-state index contributed by atoms with van der Waals surface area (Å²) in [5.41, 5.74) is 2.16. The molecule has 1 aliphatic heterocycles. The number of nitrogens with zero attached hydrogens (tertiary/aromatic N) is 1. The number of hydrogen-bond acceptors (Lipinski definition) is 5. The van der Waals surface area contributed by atoms with Crippen molar-refractivity contribution in [3.63, 3.8) is 0 Å². The van der Waals surface area contributed by atoms with E-state index in [1.165, 1.54) is 0 Å². The monoisotopic (exact) mass is 353 g/mol. The maximum Gasteiger partial charge on any atom is 0.338 e. The third kappa shape index (κ3) is 3.57. The molecule has 1 aliphatic rings. The number of aromatic nitrogens is 1. The van der Waals surface area contributed by atoms with E-state index in [1.807, 2.05) is 47.8 Å². The number of thiophene rings is 1. The summed E-state index contributed by atoms with van der Waals surface area (Å²) < 4.78 is 11.2. The maximum absolute atomic E-state index is 12.7. The molecule has 1 atom stereocenters. The highest BCUT2D eigenvalue weighted by molar-refractivity contribution is 7.13. The number of fused-ring (bicyclic) bond motifs is 1. The predicted octanol–water partition coefficient (Wildman–Crippen LogP) is 4.69. The lowest BCUT2D eigenvalue weighted by Crippen LogP contribution is -2.26. The molecule has 0 saturated carbocycles. The average molecular weight is 353 g/mol. The Balaban J connectivity index is 1.63. The van der Waals surface area contributed by atoms with Crippen LogP contribution in [-0.4, -0.2) is 30.3 Å². The van der Waals surface area contributed by atoms with E-state index in [0.717, 1.165) is 47.3 Å². The van der Waals surface area contributed by atoms with Gasteiger partial charge in [-0.05, 0) is 42.8 Å². The summed E-state index contributed by atoms with van der Waals surface area (Å²) in [6.07, 6.45) is 3.18. The molecule has 1 saturated heterocycles. The van der Waals surface area contributed by atoms with Crippen LogP contribution in [0.25, 0.3) is 21.5 Å². The minimum absolute atomic E-state index is 0.0163. The SMILES string of the molecule is O=C(OCC1CCCCO1)c1cc(-c2cccs2)nc2ccccc12. The minimum Gasteiger partial charge on any atom is -0.459 e. The summed E-state index contributed by atoms with van der Waals surface area (Å²) in [5.74, 6) is -0.314. The number of hydrogen-bond donors (Lipinski definition) is 0. The highest BCUT2D eigenvalue weighted by Crippen LogP contribution is 2.28. The van der Waals surface area contributed by atoms with Crippen LogP contribution in [0.3, 0.4) is 0 Å². The van der Waals surface area contributed by atoms with Crippen molar-refractivity contribution in [3.05, 3.63) is 53.4 Å². The normalized spacial score (nSPS) is 17.5. The highest BCUT2D eigenvalue weighted by Gasteiger charge is 2.19. The van der Waals surface area contributed by atoms with E-state index in [0.29, 0.717) is 12.2 Å². The van der Waals surface area contributed by atoms with Crippen LogP contribution in [-0.2, 0) is 9.47 Å². The Labute approximate surface area is 150 Å². The summed E-state index contributed by atoms with van der Waals surface area (Å²) in [7, 11) is 0. The summed E-state index contributed by atoms with van der Waals surface area (Å²) in [6, 6.07) is 13.5. The Kier molecular flexibility index (Phi) is 4.76. The number of carbonyl (C=O) groups is 1. The number of pyridine rings is 1. The quantitative estimate of drug-likeness (QED) is 0.639. The first-order valence-electron chi connectivity index (χ1n) is 8.53. The van der Waals surface area contributed by atoms with Crippen LogP contribution in [0.4, 0.5) is 0 Å². The van der Waals surface area contributed by atoms with Crippen LogP contribution in [0.5, 0.6) is 0 Å². The standard InChI is InChI=1S/C20H19NO3S/c22-20(24-13-14-6-3-4-10-23-14)16-12-18(19-9-5-11-25-19)21-17-8-2-1-7-15(16)17/h1-2,5,7-9,11-12,14H,3-4,6,10,13H2. The van der Waals surface area contributed by atoms with Gasteiger partial charge in [0.25, 0.3) is 0 Å². The molecule has 1 fully saturated rings. The van der Waals surface area contributed by atoms with Gasteiger partial charge in [-0.25, -0.2) is 9.78 Å². The van der Waals surface area contributed by atoms with E-state index >= 15 is 0 Å². The topological polar surface area (TPSA) is 48.4 Å². The number of benzene rings is 1. The van der Waals surface area contributed by atoms with Gasteiger partial charge >= 0.3 is 5.97 Å². The van der Waals surface area contributed by atoms with Gasteiger partial charge in [-0.1, -0.05) is 24.3 Å². The van der Waals surface area contributed by atoms with E-state index < -0.39 is 0 Å². The van der Waals surface area contributed by atoms with E-state index in [1.54, 1.807) is 11.3 Å². The van der Waals surface area contributed by atoms with Gasteiger partial charge in [0.2, 0.25) is 0 Å². The fourth-order valence-corrected chi connectivity index (χ4v) is 3.77. The lowest BCUT2D eigenvalue weighted by Gasteiger charge is -2.22. The summed E-state index contributed by atoms with van der Waals surface area (Å²) in [5, 5.41) is 2.82. The van der Waals surface area contributed by atoms with Gasteiger partial charge in [0.05, 0.1) is 27.8 Å². The second-order valence-corrected chi connectivity index (χ2v) is 7.08. The lowest BCUT2D eigenvalue weighted by molar-refractivity contribution is -0.0299. The molecule has 25 heavy (non-hydrogen) atoms. The molecule has 4 rings (SSSR count). The maximum atomic E-state index is 12.7. The molecule has 0 bridgehead atoms. The fourth-order valence-electron chi connectivity index (χ4n) is 3.08. The molecule has 0 amide bonds. The van der Waals surface area contributed by atoms with E-state index in [-0.39, 0.29) is 12.1 Å². The smallest absolute Gasteiger partial charge is 0.338 e. The number of para-hydroxylation sites is 1. The van der Waals surface area contributed by atoms with Gasteiger partial charge in [-0.2, -0.15) is 0 Å². The Hall–Kier alpha value is -2.24. The van der Waals surface area contributed by atoms with E-state index in [9.17, 15) is 4.79 Å². The van der Waals surface area contributed by atoms with Gasteiger partial charge < -0.3 is 9.47 Å². The predicted molar refractivity (Wildman–Crippen MR) is 98.9 cm³/mol. The molecular weight excluding hydrogens is 334 g/mol. The molecule has 0 radical (unpaired) electrons. The van der Waals surface area contributed by atoms with E-state index in [2.05, 4.69) is 4.98 Å². The Bertz CT molecular complexity index is 870. The largest absolute Gasteiger partial charge is 0.459 e. The first-order valence-corrected chi connectivity index (χ1v) is 9.41. The third-order valence-electron chi connectivity index (χ3n) is 4.38. The number of carbonyl (C=O) groups excluding carboxylic acids is 1. The zero-order valence-corrected chi connectivity index (χ0v) is 14.6. The third-order valence-corrected chi connectivity index (χ3v) is 5.28. The van der Waals surface area contributed by atoms with Crippen molar-refractivity contribution in [1.82, 2.24) is 4.98 Å². The second kappa shape index (κ2) is 7.33. The van der Waals surface area contributed by atoms with Gasteiger partial charge in [0, 0.05) is 12.0 Å². The zero-order valence-electron chi connectivity index (χ0n) is 13.8. The Morgan fingerprint density at radius 2 is 2.16 bits per heavy atom. The number of esters is 1. The van der Waals surface area contributed by atoms with Crippen molar-refractivity contribution in [2.75, 3.05) is 13.2 Å². The molecule has 0 spiro atoms. The van der Waals surface area contributed by atoms with Crippen molar-refractivity contribution >= 4 is 28.2 Å². The van der Waals surface area contributed by atoms with Gasteiger partial charge in [0.15, 0.2) is 0 Å². The van der Waals surface area contributed by atoms with Crippen molar-refractivity contribution in [2.24, 2.45) is 0 Å². The first-order chi connectivity index (χ1) is 12.3. The van der Waals surface area contributed by atoms with Gasteiger partial charge in [0.1, 0.15) is 6.61 Å². The Morgan fingerprint density at radius 3 is 2.96 bits per heavy atom.